The summed E-state index contributed by atoms with van der Waals surface area (Å²) in [4.78, 5) is 0. The molecular formula is C18H17N. The summed E-state index contributed by atoms with van der Waals surface area (Å²) in [5, 5.41) is 3.55. The van der Waals surface area contributed by atoms with Crippen LogP contribution in [0.5, 0.6) is 0 Å². The zero-order chi connectivity index (χ0) is 12.9. The lowest BCUT2D eigenvalue weighted by Crippen LogP contribution is -2.28. The molecule has 19 heavy (non-hydrogen) atoms. The molecule has 0 saturated heterocycles. The number of nitrogens with one attached hydrogen (secondary N) is 1. The van der Waals surface area contributed by atoms with Crippen LogP contribution in [0, 0.1) is 11.8 Å². The maximum atomic E-state index is 3.55. The molecular weight excluding hydrogens is 230 g/mol. The van der Waals surface area contributed by atoms with E-state index in [1.54, 1.807) is 0 Å². The minimum atomic E-state index is 0.234. The molecule has 1 aromatic carbocycles. The molecule has 1 N–H and O–H groups in total. The van der Waals surface area contributed by atoms with Crippen LogP contribution in [0.1, 0.15) is 24.8 Å². The first-order chi connectivity index (χ1) is 9.42. The largest absolute Gasteiger partial charge is 0.375 e. The third-order valence-electron chi connectivity index (χ3n) is 3.45. The predicted octanol–water partition coefficient (Wildman–Crippen LogP) is 3.67. The Morgan fingerprint density at radius 2 is 2.05 bits per heavy atom. The Bertz CT molecular complexity index is 594. The van der Waals surface area contributed by atoms with E-state index in [0.717, 1.165) is 19.3 Å². The van der Waals surface area contributed by atoms with Gasteiger partial charge in [-0.05, 0) is 36.1 Å². The van der Waals surface area contributed by atoms with Crippen LogP contribution in [0.15, 0.2) is 60.3 Å². The molecule has 0 bridgehead atoms. The highest BCUT2D eigenvalue weighted by atomic mass is 14.9. The van der Waals surface area contributed by atoms with Gasteiger partial charge in [0.25, 0.3) is 0 Å². The van der Waals surface area contributed by atoms with Crippen molar-refractivity contribution in [2.45, 2.75) is 25.3 Å². The molecule has 1 nitrogen and oxygen atoms in total. The summed E-state index contributed by atoms with van der Waals surface area (Å²) in [6, 6.07) is 10.7. The van der Waals surface area contributed by atoms with Crippen LogP contribution in [0.2, 0.25) is 0 Å². The Kier molecular flexibility index (Phi) is 3.51. The van der Waals surface area contributed by atoms with Gasteiger partial charge in [0.15, 0.2) is 0 Å². The number of rotatable bonds is 3. The molecule has 0 heterocycles. The fourth-order valence-corrected chi connectivity index (χ4v) is 2.45. The van der Waals surface area contributed by atoms with Gasteiger partial charge in [-0.2, -0.15) is 0 Å². The van der Waals surface area contributed by atoms with Gasteiger partial charge < -0.3 is 5.32 Å². The zero-order valence-corrected chi connectivity index (χ0v) is 10.9. The van der Waals surface area contributed by atoms with Crippen molar-refractivity contribution in [3.05, 3.63) is 65.9 Å². The molecule has 0 amide bonds. The van der Waals surface area contributed by atoms with Crippen molar-refractivity contribution in [2.24, 2.45) is 0 Å². The zero-order valence-electron chi connectivity index (χ0n) is 10.9. The summed E-state index contributed by atoms with van der Waals surface area (Å²) in [5.74, 6) is 6.42. The Morgan fingerprint density at radius 1 is 1.16 bits per heavy atom. The van der Waals surface area contributed by atoms with Crippen LogP contribution in [0.25, 0.3) is 5.57 Å². The standard InChI is InChI=1S/C18H17N/c1-3-8-15(9-4-1)16-10-7-13-18(14-16)19-17-11-5-2-6-12-17/h1-5,8-11,18-19H,6,12,14H2. The second kappa shape index (κ2) is 5.63. The van der Waals surface area contributed by atoms with Crippen molar-refractivity contribution in [3.8, 4) is 11.8 Å². The van der Waals surface area contributed by atoms with Crippen molar-refractivity contribution in [3.63, 3.8) is 0 Å². The van der Waals surface area contributed by atoms with Gasteiger partial charge in [-0.1, -0.05) is 54.3 Å². The highest BCUT2D eigenvalue weighted by Gasteiger charge is 2.13. The second-order valence-corrected chi connectivity index (χ2v) is 4.88. The van der Waals surface area contributed by atoms with E-state index in [2.05, 4.69) is 59.7 Å². The highest BCUT2D eigenvalue weighted by molar-refractivity contribution is 5.70. The van der Waals surface area contributed by atoms with Crippen LogP contribution in [0.4, 0.5) is 0 Å². The molecule has 0 aromatic heterocycles. The van der Waals surface area contributed by atoms with E-state index in [1.807, 2.05) is 12.1 Å². The summed E-state index contributed by atoms with van der Waals surface area (Å²) < 4.78 is 0. The van der Waals surface area contributed by atoms with Gasteiger partial charge >= 0.3 is 0 Å². The first-order valence-corrected chi connectivity index (χ1v) is 6.79. The summed E-state index contributed by atoms with van der Waals surface area (Å²) in [6.07, 6.45) is 11.7. The lowest BCUT2D eigenvalue weighted by atomic mass is 9.95. The summed E-state index contributed by atoms with van der Waals surface area (Å²) in [7, 11) is 0. The molecule has 1 aromatic rings. The number of benzene rings is 1. The summed E-state index contributed by atoms with van der Waals surface area (Å²) in [5.41, 5.74) is 3.90. The van der Waals surface area contributed by atoms with Gasteiger partial charge in [-0.15, -0.1) is 0 Å². The van der Waals surface area contributed by atoms with Crippen LogP contribution in [0.3, 0.4) is 0 Å². The van der Waals surface area contributed by atoms with Gasteiger partial charge in [0.2, 0.25) is 0 Å². The number of hydrogen-bond donors (Lipinski definition) is 1. The predicted molar refractivity (Wildman–Crippen MR) is 80.2 cm³/mol. The minimum Gasteiger partial charge on any atom is -0.375 e. The van der Waals surface area contributed by atoms with Gasteiger partial charge in [-0.3, -0.25) is 0 Å². The van der Waals surface area contributed by atoms with Crippen LogP contribution in [-0.4, -0.2) is 6.04 Å². The fourth-order valence-electron chi connectivity index (χ4n) is 2.45. The summed E-state index contributed by atoms with van der Waals surface area (Å²) >= 11 is 0. The molecule has 1 atom stereocenters. The molecule has 0 spiro atoms. The molecule has 0 radical (unpaired) electrons. The molecule has 3 rings (SSSR count). The van der Waals surface area contributed by atoms with E-state index >= 15 is 0 Å². The molecule has 2 aliphatic rings. The average Bonchev–Trinajstić information content (AvgIpc) is 2.49. The fraction of sp³-hybridized carbons (Fsp3) is 0.222. The SMILES string of the molecule is C1#CC(NC2=CC=CCC2)CC(c2ccccc2)=C1. The Labute approximate surface area is 114 Å². The lowest BCUT2D eigenvalue weighted by Gasteiger charge is -2.21. The third-order valence-corrected chi connectivity index (χ3v) is 3.45. The van der Waals surface area contributed by atoms with Gasteiger partial charge in [0.05, 0.1) is 6.04 Å². The monoisotopic (exact) mass is 247 g/mol. The second-order valence-electron chi connectivity index (χ2n) is 4.88. The Balaban J connectivity index is 1.69. The van der Waals surface area contributed by atoms with Gasteiger partial charge in [0, 0.05) is 12.1 Å². The topological polar surface area (TPSA) is 12.0 Å². The van der Waals surface area contributed by atoms with Crippen LogP contribution in [-0.2, 0) is 0 Å². The molecule has 0 fully saturated rings. The third kappa shape index (κ3) is 2.98. The van der Waals surface area contributed by atoms with Crippen LogP contribution >= 0.6 is 0 Å². The Morgan fingerprint density at radius 3 is 2.84 bits per heavy atom. The van der Waals surface area contributed by atoms with Gasteiger partial charge in [-0.25, -0.2) is 0 Å². The van der Waals surface area contributed by atoms with E-state index in [9.17, 15) is 0 Å². The highest BCUT2D eigenvalue weighted by Crippen LogP contribution is 2.22. The van der Waals surface area contributed by atoms with E-state index in [0.29, 0.717) is 0 Å². The number of allylic oxidation sites excluding steroid dienone is 5. The van der Waals surface area contributed by atoms with Crippen molar-refractivity contribution < 1.29 is 0 Å². The molecule has 0 aliphatic heterocycles. The van der Waals surface area contributed by atoms with Crippen molar-refractivity contribution in [1.29, 1.82) is 0 Å². The smallest absolute Gasteiger partial charge is 0.0919 e. The quantitative estimate of drug-likeness (QED) is 0.804. The normalized spacial score (nSPS) is 20.9. The maximum absolute atomic E-state index is 3.55. The van der Waals surface area contributed by atoms with Crippen LogP contribution < -0.4 is 5.32 Å². The average molecular weight is 247 g/mol. The van der Waals surface area contributed by atoms with Crippen molar-refractivity contribution >= 4 is 5.57 Å². The van der Waals surface area contributed by atoms with E-state index < -0.39 is 0 Å². The Hall–Kier alpha value is -2.20. The lowest BCUT2D eigenvalue weighted by molar-refractivity contribution is 0.667. The molecule has 94 valence electrons. The first-order valence-electron chi connectivity index (χ1n) is 6.79. The van der Waals surface area contributed by atoms with Gasteiger partial charge in [0.1, 0.15) is 0 Å². The van der Waals surface area contributed by atoms with E-state index in [-0.39, 0.29) is 6.04 Å². The maximum Gasteiger partial charge on any atom is 0.0919 e. The van der Waals surface area contributed by atoms with Crippen molar-refractivity contribution in [2.75, 3.05) is 0 Å². The van der Waals surface area contributed by atoms with Crippen molar-refractivity contribution in [1.82, 2.24) is 5.32 Å². The number of hydrogen-bond acceptors (Lipinski definition) is 1. The molecule has 0 saturated carbocycles. The van der Waals surface area contributed by atoms with E-state index in [1.165, 1.54) is 16.8 Å². The van der Waals surface area contributed by atoms with E-state index in [4.69, 9.17) is 0 Å². The first kappa shape index (κ1) is 11.9. The molecule has 2 aliphatic carbocycles. The molecule has 1 unspecified atom stereocenters. The molecule has 1 heteroatoms. The minimum absolute atomic E-state index is 0.234. The summed E-state index contributed by atoms with van der Waals surface area (Å²) in [6.45, 7) is 0.